The average molecular weight is 342 g/mol. The number of nitrogens with zero attached hydrogens (tertiary/aromatic N) is 1. The summed E-state index contributed by atoms with van der Waals surface area (Å²) in [5, 5.41) is 9.62. The summed E-state index contributed by atoms with van der Waals surface area (Å²) in [6, 6.07) is 11.6. The highest BCUT2D eigenvalue weighted by Gasteiger charge is 2.07. The van der Waals surface area contributed by atoms with Crippen molar-refractivity contribution in [2.75, 3.05) is 0 Å². The van der Waals surface area contributed by atoms with Gasteiger partial charge in [-0.25, -0.2) is 0 Å². The minimum Gasteiger partial charge on any atom is -0.494 e. The Kier molecular flexibility index (Phi) is 4.96. The Morgan fingerprint density at radius 2 is 1.92 bits per heavy atom. The topological polar surface area (TPSA) is 75.2 Å². The third-order valence-electron chi connectivity index (χ3n) is 3.67. The van der Waals surface area contributed by atoms with Crippen molar-refractivity contribution >= 4 is 11.3 Å². The average Bonchev–Trinajstić information content (AvgIpc) is 2.92. The minimum atomic E-state index is -0.246. The van der Waals surface area contributed by atoms with Gasteiger partial charge in [-0.1, -0.05) is 36.5 Å². The largest absolute Gasteiger partial charge is 0.494 e. The van der Waals surface area contributed by atoms with Gasteiger partial charge in [-0.3, -0.25) is 14.8 Å². The number of pyridine rings is 1. The van der Waals surface area contributed by atoms with E-state index in [1.165, 1.54) is 5.56 Å². The standard InChI is InChI=1S/C18H18N2O3S/c1-2-12-3-6-14(19-10-12)11-23-15-7-4-13(5-8-15)9-16-17(21)20-18(22)24-16/h3-8,10,21H,2,9,11H2,1H3,(H,20,22). The third kappa shape index (κ3) is 4.02. The predicted octanol–water partition coefficient (Wildman–Crippen LogP) is 3.27. The van der Waals surface area contributed by atoms with E-state index in [-0.39, 0.29) is 10.8 Å². The summed E-state index contributed by atoms with van der Waals surface area (Å²) < 4.78 is 5.73. The molecular formula is C18H18N2O3S. The van der Waals surface area contributed by atoms with Gasteiger partial charge in [0.15, 0.2) is 0 Å². The summed E-state index contributed by atoms with van der Waals surface area (Å²) in [6.45, 7) is 2.52. The second kappa shape index (κ2) is 7.31. The number of nitrogens with one attached hydrogen (secondary N) is 1. The number of aryl methyl sites for hydroxylation is 1. The molecule has 2 aromatic heterocycles. The Bertz CT molecular complexity index is 851. The van der Waals surface area contributed by atoms with Crippen LogP contribution in [0.2, 0.25) is 0 Å². The molecule has 0 spiro atoms. The molecule has 5 nitrogen and oxygen atoms in total. The van der Waals surface area contributed by atoms with Gasteiger partial charge in [0.05, 0.1) is 10.6 Å². The van der Waals surface area contributed by atoms with Crippen LogP contribution in [0, 0.1) is 0 Å². The first kappa shape index (κ1) is 16.3. The zero-order valence-electron chi connectivity index (χ0n) is 13.3. The SMILES string of the molecule is CCc1ccc(COc2ccc(Cc3sc(=O)[nH]c3O)cc2)nc1. The maximum absolute atomic E-state index is 11.2. The fourth-order valence-corrected chi connectivity index (χ4v) is 3.03. The van der Waals surface area contributed by atoms with E-state index >= 15 is 0 Å². The molecule has 2 heterocycles. The van der Waals surface area contributed by atoms with E-state index in [1.807, 2.05) is 36.5 Å². The van der Waals surface area contributed by atoms with Gasteiger partial charge in [-0.05, 0) is 35.7 Å². The van der Waals surface area contributed by atoms with Crippen molar-refractivity contribution in [2.24, 2.45) is 0 Å². The van der Waals surface area contributed by atoms with Crippen LogP contribution in [-0.2, 0) is 19.4 Å². The molecule has 3 rings (SSSR count). The molecule has 0 aliphatic rings. The number of aromatic nitrogens is 2. The lowest BCUT2D eigenvalue weighted by Gasteiger charge is -2.07. The van der Waals surface area contributed by atoms with Crippen LogP contribution in [0.15, 0.2) is 47.4 Å². The second-order valence-electron chi connectivity index (χ2n) is 5.41. The zero-order valence-corrected chi connectivity index (χ0v) is 14.1. The number of ether oxygens (including phenoxy) is 1. The van der Waals surface area contributed by atoms with Crippen LogP contribution in [0.3, 0.4) is 0 Å². The predicted molar refractivity (Wildman–Crippen MR) is 93.8 cm³/mol. The van der Waals surface area contributed by atoms with Crippen LogP contribution in [0.5, 0.6) is 11.6 Å². The quantitative estimate of drug-likeness (QED) is 0.721. The van der Waals surface area contributed by atoms with E-state index in [1.54, 1.807) is 0 Å². The monoisotopic (exact) mass is 342 g/mol. The Hall–Kier alpha value is -2.60. The highest BCUT2D eigenvalue weighted by atomic mass is 32.1. The summed E-state index contributed by atoms with van der Waals surface area (Å²) >= 11 is 1.02. The van der Waals surface area contributed by atoms with Gasteiger partial charge in [-0.15, -0.1) is 0 Å². The maximum Gasteiger partial charge on any atom is 0.307 e. The molecule has 2 N–H and O–H groups in total. The number of H-pyrrole nitrogens is 1. The number of rotatable bonds is 6. The van der Waals surface area contributed by atoms with Gasteiger partial charge in [0, 0.05) is 12.6 Å². The molecule has 1 aromatic carbocycles. The van der Waals surface area contributed by atoms with Crippen molar-refractivity contribution in [1.82, 2.24) is 9.97 Å². The number of aromatic amines is 1. The number of aromatic hydroxyl groups is 1. The molecule has 3 aromatic rings. The lowest BCUT2D eigenvalue weighted by molar-refractivity contribution is 0.301. The Balaban J connectivity index is 1.59. The van der Waals surface area contributed by atoms with Crippen molar-refractivity contribution in [3.05, 3.63) is 74.0 Å². The molecule has 0 aliphatic heterocycles. The van der Waals surface area contributed by atoms with E-state index in [0.717, 1.165) is 34.8 Å². The molecule has 0 saturated heterocycles. The van der Waals surface area contributed by atoms with Crippen molar-refractivity contribution in [3.8, 4) is 11.6 Å². The number of thiazole rings is 1. The first-order valence-corrected chi connectivity index (χ1v) is 8.52. The van der Waals surface area contributed by atoms with E-state index in [9.17, 15) is 9.90 Å². The Morgan fingerprint density at radius 3 is 2.50 bits per heavy atom. The highest BCUT2D eigenvalue weighted by Crippen LogP contribution is 2.22. The normalized spacial score (nSPS) is 10.7. The minimum absolute atomic E-state index is 0.0491. The second-order valence-corrected chi connectivity index (χ2v) is 6.47. The van der Waals surface area contributed by atoms with Crippen molar-refractivity contribution in [3.63, 3.8) is 0 Å². The van der Waals surface area contributed by atoms with E-state index in [0.29, 0.717) is 17.9 Å². The molecule has 0 amide bonds. The van der Waals surface area contributed by atoms with Gasteiger partial charge < -0.3 is 9.84 Å². The van der Waals surface area contributed by atoms with Crippen LogP contribution in [0.4, 0.5) is 0 Å². The molecule has 0 aliphatic carbocycles. The van der Waals surface area contributed by atoms with Crippen molar-refractivity contribution in [1.29, 1.82) is 0 Å². The summed E-state index contributed by atoms with van der Waals surface area (Å²) in [6.07, 6.45) is 3.35. The lowest BCUT2D eigenvalue weighted by atomic mass is 10.1. The van der Waals surface area contributed by atoms with Crippen LogP contribution in [0.1, 0.15) is 28.6 Å². The van der Waals surface area contributed by atoms with Crippen LogP contribution in [-0.4, -0.2) is 15.1 Å². The first-order chi connectivity index (χ1) is 11.6. The molecule has 0 radical (unpaired) electrons. The first-order valence-electron chi connectivity index (χ1n) is 7.70. The van der Waals surface area contributed by atoms with Crippen molar-refractivity contribution < 1.29 is 9.84 Å². The van der Waals surface area contributed by atoms with Gasteiger partial charge >= 0.3 is 4.87 Å². The molecule has 0 bridgehead atoms. The molecule has 0 saturated carbocycles. The number of hydrogen-bond acceptors (Lipinski definition) is 5. The maximum atomic E-state index is 11.2. The van der Waals surface area contributed by atoms with Crippen LogP contribution >= 0.6 is 11.3 Å². The molecule has 6 heteroatoms. The molecule has 24 heavy (non-hydrogen) atoms. The molecular weight excluding hydrogens is 324 g/mol. The van der Waals surface area contributed by atoms with E-state index in [4.69, 9.17) is 4.74 Å². The zero-order chi connectivity index (χ0) is 16.9. The van der Waals surface area contributed by atoms with Crippen LogP contribution in [0.25, 0.3) is 0 Å². The van der Waals surface area contributed by atoms with Gasteiger partial charge in [0.2, 0.25) is 5.88 Å². The molecule has 0 fully saturated rings. The third-order valence-corrected chi connectivity index (χ3v) is 4.54. The smallest absolute Gasteiger partial charge is 0.307 e. The fraction of sp³-hybridized carbons (Fsp3) is 0.222. The van der Waals surface area contributed by atoms with Crippen LogP contribution < -0.4 is 9.61 Å². The summed E-state index contributed by atoms with van der Waals surface area (Å²) in [5.41, 5.74) is 3.09. The highest BCUT2D eigenvalue weighted by molar-refractivity contribution is 7.09. The summed E-state index contributed by atoms with van der Waals surface area (Å²) in [5.74, 6) is 0.707. The lowest BCUT2D eigenvalue weighted by Crippen LogP contribution is -1.98. The van der Waals surface area contributed by atoms with E-state index in [2.05, 4.69) is 23.0 Å². The van der Waals surface area contributed by atoms with Crippen molar-refractivity contribution in [2.45, 2.75) is 26.4 Å². The van der Waals surface area contributed by atoms with Gasteiger partial charge in [0.25, 0.3) is 0 Å². The fourth-order valence-electron chi connectivity index (χ4n) is 2.27. The molecule has 0 unspecified atom stereocenters. The van der Waals surface area contributed by atoms with Gasteiger partial charge in [-0.2, -0.15) is 0 Å². The van der Waals surface area contributed by atoms with Gasteiger partial charge in [0.1, 0.15) is 12.4 Å². The number of hydrogen-bond donors (Lipinski definition) is 2. The molecule has 124 valence electrons. The number of benzene rings is 1. The molecule has 0 atom stereocenters. The summed E-state index contributed by atoms with van der Waals surface area (Å²) in [7, 11) is 0. The van der Waals surface area contributed by atoms with E-state index < -0.39 is 0 Å². The summed E-state index contributed by atoms with van der Waals surface area (Å²) in [4.78, 5) is 18.3. The Labute approximate surface area is 143 Å². The Morgan fingerprint density at radius 1 is 1.17 bits per heavy atom.